The maximum absolute atomic E-state index is 7.32. The van der Waals surface area contributed by atoms with Gasteiger partial charge in [-0.1, -0.05) is 165 Å². The molecular weight excluding hydrogens is 633 g/mol. The van der Waals surface area contributed by atoms with Gasteiger partial charge in [-0.3, -0.25) is 0 Å². The van der Waals surface area contributed by atoms with Crippen LogP contribution in [0, 0.1) is 11.8 Å². The van der Waals surface area contributed by atoms with Crippen LogP contribution in [-0.4, -0.2) is 35.4 Å². The number of rotatable bonds is 15. The molecule has 5 heteroatoms. The van der Waals surface area contributed by atoms with Crippen molar-refractivity contribution in [3.63, 3.8) is 0 Å². The maximum atomic E-state index is 7.32. The van der Waals surface area contributed by atoms with Crippen LogP contribution in [0.4, 0.5) is 0 Å². The molecule has 3 nitrogen and oxygen atoms in total. The predicted molar refractivity (Wildman–Crippen MR) is 216 cm³/mol. The molecule has 0 heterocycles. The predicted octanol–water partition coefficient (Wildman–Crippen LogP) is 12.6. The van der Waals surface area contributed by atoms with Gasteiger partial charge in [0.15, 0.2) is 16.6 Å². The summed E-state index contributed by atoms with van der Waals surface area (Å²) in [6.07, 6.45) is 6.77. The van der Waals surface area contributed by atoms with Gasteiger partial charge in [-0.2, -0.15) is 0 Å². The lowest BCUT2D eigenvalue weighted by Crippen LogP contribution is -2.46. The van der Waals surface area contributed by atoms with Crippen molar-refractivity contribution in [1.82, 2.24) is 0 Å². The van der Waals surface area contributed by atoms with E-state index in [1.165, 1.54) is 5.57 Å². The fourth-order valence-electron chi connectivity index (χ4n) is 5.64. The van der Waals surface area contributed by atoms with E-state index >= 15 is 0 Å². The lowest BCUT2D eigenvalue weighted by Gasteiger charge is -2.42. The summed E-state index contributed by atoms with van der Waals surface area (Å²) in [5.41, 5.74) is 3.83. The third-order valence-electron chi connectivity index (χ3n) is 11.1. The zero-order valence-corrected chi connectivity index (χ0v) is 35.1. The zero-order chi connectivity index (χ0) is 36.7. The fraction of sp³-hybridized carbons (Fsp3) is 0.500. The van der Waals surface area contributed by atoms with Gasteiger partial charge < -0.3 is 13.6 Å². The summed E-state index contributed by atoms with van der Waals surface area (Å²) in [5, 5.41) is 0.202. The number of hydrogen-bond donors (Lipinski definition) is 0. The molecule has 0 aliphatic carbocycles. The minimum Gasteiger partial charge on any atom is -0.410 e. The first-order valence-electron chi connectivity index (χ1n) is 18.2. The molecule has 0 amide bonds. The van der Waals surface area contributed by atoms with Crippen LogP contribution >= 0.6 is 0 Å². The first-order chi connectivity index (χ1) is 22.8. The molecule has 0 N–H and O–H groups in total. The van der Waals surface area contributed by atoms with Gasteiger partial charge in [0.05, 0.1) is 18.8 Å². The molecule has 49 heavy (non-hydrogen) atoms. The van der Waals surface area contributed by atoms with Crippen molar-refractivity contribution >= 4 is 16.6 Å². The lowest BCUT2D eigenvalue weighted by atomic mass is 9.80. The Morgan fingerprint density at radius 2 is 1.02 bits per heavy atom. The summed E-state index contributed by atoms with van der Waals surface area (Å²) in [7, 11) is -4.13. The number of hydrogen-bond acceptors (Lipinski definition) is 3. The van der Waals surface area contributed by atoms with E-state index in [4.69, 9.17) is 13.6 Å². The summed E-state index contributed by atoms with van der Waals surface area (Å²) in [4.78, 5) is 0. The molecule has 268 valence electrons. The highest BCUT2D eigenvalue weighted by Gasteiger charge is 2.43. The molecule has 3 aromatic carbocycles. The molecule has 0 unspecified atom stereocenters. The first kappa shape index (κ1) is 40.9. The molecule has 0 radical (unpaired) electrons. The van der Waals surface area contributed by atoms with Crippen molar-refractivity contribution in [2.24, 2.45) is 11.8 Å². The minimum atomic E-state index is -2.13. The molecule has 0 aliphatic rings. The van der Waals surface area contributed by atoms with Crippen LogP contribution in [0.3, 0.4) is 0 Å². The summed E-state index contributed by atoms with van der Waals surface area (Å²) >= 11 is 0. The Labute approximate surface area is 302 Å². The number of allylic oxidation sites excluding steroid dienone is 1. The Kier molecular flexibility index (Phi) is 13.9. The van der Waals surface area contributed by atoms with Gasteiger partial charge in [-0.05, 0) is 72.4 Å². The zero-order valence-electron chi connectivity index (χ0n) is 33.1. The van der Waals surface area contributed by atoms with E-state index in [1.807, 2.05) is 0 Å². The van der Waals surface area contributed by atoms with Crippen LogP contribution < -0.4 is 0 Å². The summed E-state index contributed by atoms with van der Waals surface area (Å²) in [6, 6.07) is 31.9. The molecule has 4 atom stereocenters. The van der Waals surface area contributed by atoms with Crippen LogP contribution in [0.1, 0.15) is 85.9 Å². The minimum absolute atomic E-state index is 0.0177. The van der Waals surface area contributed by atoms with E-state index in [1.54, 1.807) is 0 Å². The lowest BCUT2D eigenvalue weighted by molar-refractivity contribution is -0.0229. The molecule has 0 aliphatic heterocycles. The van der Waals surface area contributed by atoms with Gasteiger partial charge in [-0.15, -0.1) is 0 Å². The fourth-order valence-corrected chi connectivity index (χ4v) is 8.37. The second kappa shape index (κ2) is 16.6. The summed E-state index contributed by atoms with van der Waals surface area (Å²) < 4.78 is 21.6. The van der Waals surface area contributed by atoms with Gasteiger partial charge in [0.2, 0.25) is 0 Å². The number of ether oxygens (including phenoxy) is 1. The standard InChI is InChI=1S/C44H66O3Si2/c1-15-34(2)41(47-49(13,14)43(8,9)10)35(3)31-32-40(46-48(11,12)42(5,6)7)36(4)33-45-44(37-25-19-16-20-26-37,38-27-21-17-22-28-38)39-29-23-18-24-30-39/h15-32,35-36,40-41H,33H2,1-14H3/b32-31+,34-15+/t35-,36-,40+,41+/m0/s1. The maximum Gasteiger partial charge on any atom is 0.192 e. The van der Waals surface area contributed by atoms with E-state index < -0.39 is 22.2 Å². The van der Waals surface area contributed by atoms with E-state index in [0.717, 1.165) is 16.7 Å². The molecule has 0 spiro atoms. The van der Waals surface area contributed by atoms with Crippen LogP contribution in [0.25, 0.3) is 0 Å². The monoisotopic (exact) mass is 698 g/mol. The molecule has 0 bridgehead atoms. The average molecular weight is 699 g/mol. The largest absolute Gasteiger partial charge is 0.410 e. The SMILES string of the molecule is C/C=C(\C)[C@@H](O[Si](C)(C)C(C)(C)C)[C@@H](C)/C=C/[C@@H](O[Si](C)(C)C(C)(C)C)[C@@H](C)COC(c1ccccc1)(c1ccccc1)c1ccccc1. The molecule has 3 rings (SSSR count). The Balaban J connectivity index is 2.06. The molecule has 0 fully saturated rings. The Hall–Kier alpha value is -2.55. The summed E-state index contributed by atoms with van der Waals surface area (Å²) in [6.45, 7) is 32.7. The van der Waals surface area contributed by atoms with Crippen molar-refractivity contribution < 1.29 is 13.6 Å². The second-order valence-electron chi connectivity index (χ2n) is 17.0. The second-order valence-corrected chi connectivity index (χ2v) is 26.5. The van der Waals surface area contributed by atoms with Crippen LogP contribution in [0.2, 0.25) is 36.3 Å². The highest BCUT2D eigenvalue weighted by molar-refractivity contribution is 6.74. The molecule has 3 aromatic rings. The van der Waals surface area contributed by atoms with Gasteiger partial charge in [0.25, 0.3) is 0 Å². The average Bonchev–Trinajstić information content (AvgIpc) is 3.05. The topological polar surface area (TPSA) is 27.7 Å². The molecule has 0 saturated heterocycles. The highest BCUT2D eigenvalue weighted by Crippen LogP contribution is 2.43. The van der Waals surface area contributed by atoms with E-state index in [2.05, 4.69) is 205 Å². The molecular formula is C44H66O3Si2. The normalized spacial score (nSPS) is 16.4. The van der Waals surface area contributed by atoms with Crippen LogP contribution in [0.5, 0.6) is 0 Å². The van der Waals surface area contributed by atoms with E-state index in [-0.39, 0.29) is 34.1 Å². The Morgan fingerprint density at radius 3 is 1.39 bits per heavy atom. The quantitative estimate of drug-likeness (QED) is 0.0898. The third kappa shape index (κ3) is 10.0. The van der Waals surface area contributed by atoms with Crippen molar-refractivity contribution in [1.29, 1.82) is 0 Å². The molecule has 0 saturated carbocycles. The number of benzene rings is 3. The highest BCUT2D eigenvalue weighted by atomic mass is 28.4. The van der Waals surface area contributed by atoms with Crippen molar-refractivity contribution in [2.75, 3.05) is 6.61 Å². The van der Waals surface area contributed by atoms with Gasteiger partial charge in [-0.25, -0.2) is 0 Å². The third-order valence-corrected chi connectivity index (χ3v) is 20.0. The van der Waals surface area contributed by atoms with Gasteiger partial charge in [0, 0.05) is 11.8 Å². The Bertz CT molecular complexity index is 1390. The van der Waals surface area contributed by atoms with Crippen LogP contribution in [0.15, 0.2) is 115 Å². The first-order valence-corrected chi connectivity index (χ1v) is 24.1. The van der Waals surface area contributed by atoms with Gasteiger partial charge >= 0.3 is 0 Å². The summed E-state index contributed by atoms with van der Waals surface area (Å²) in [5.74, 6) is 0.261. The van der Waals surface area contributed by atoms with Crippen LogP contribution in [-0.2, 0) is 19.2 Å². The van der Waals surface area contributed by atoms with Crippen molar-refractivity contribution in [2.45, 2.75) is 123 Å². The van der Waals surface area contributed by atoms with Crippen molar-refractivity contribution in [3.8, 4) is 0 Å². The molecule has 0 aromatic heterocycles. The van der Waals surface area contributed by atoms with E-state index in [9.17, 15) is 0 Å². The van der Waals surface area contributed by atoms with Crippen molar-refractivity contribution in [3.05, 3.63) is 131 Å². The smallest absolute Gasteiger partial charge is 0.192 e. The Morgan fingerprint density at radius 1 is 0.633 bits per heavy atom. The van der Waals surface area contributed by atoms with E-state index in [0.29, 0.717) is 6.61 Å². The van der Waals surface area contributed by atoms with Gasteiger partial charge in [0.1, 0.15) is 5.60 Å².